The molecule has 1 N–H and O–H groups in total. The number of nitrogens with one attached hydrogen (secondary N) is 1. The van der Waals surface area contributed by atoms with Crippen molar-refractivity contribution in [1.29, 1.82) is 0 Å². The minimum absolute atomic E-state index is 0.132. The second-order valence-corrected chi connectivity index (χ2v) is 10.4. The van der Waals surface area contributed by atoms with Crippen LogP contribution in [0.15, 0.2) is 47.6 Å². The Hall–Kier alpha value is -3.23. The van der Waals surface area contributed by atoms with E-state index in [-0.39, 0.29) is 40.1 Å². The van der Waals surface area contributed by atoms with Crippen LogP contribution < -0.4 is 5.32 Å². The van der Waals surface area contributed by atoms with Gasteiger partial charge in [0.15, 0.2) is 0 Å². The molecule has 0 saturated carbocycles. The fourth-order valence-electron chi connectivity index (χ4n) is 3.95. The van der Waals surface area contributed by atoms with E-state index in [1.54, 1.807) is 6.92 Å². The van der Waals surface area contributed by atoms with E-state index in [1.165, 1.54) is 6.07 Å². The first-order chi connectivity index (χ1) is 17.4. The topological polar surface area (TPSA) is 118 Å². The molecule has 2 unspecified atom stereocenters. The van der Waals surface area contributed by atoms with Crippen molar-refractivity contribution in [3.05, 3.63) is 65.3 Å². The van der Waals surface area contributed by atoms with Gasteiger partial charge in [0.25, 0.3) is 0 Å². The SMILES string of the molecule is CC1CCC(C(=O)NCc2cc(-c3cnc(C(F)(F)F)nc3)nc(Cl)n2)N1S(=O)(=O)c1ccc(F)cc1. The summed E-state index contributed by atoms with van der Waals surface area (Å²) < 4.78 is 78.9. The minimum atomic E-state index is -4.70. The summed E-state index contributed by atoms with van der Waals surface area (Å²) in [6, 6.07) is 4.25. The molecular weight excluding hydrogens is 540 g/mol. The van der Waals surface area contributed by atoms with Crippen molar-refractivity contribution in [1.82, 2.24) is 29.6 Å². The normalized spacial score (nSPS) is 18.6. The Kier molecular flexibility index (Phi) is 7.44. The summed E-state index contributed by atoms with van der Waals surface area (Å²) in [6.45, 7) is 1.52. The zero-order chi connectivity index (χ0) is 27.0. The molecule has 3 aromatic rings. The van der Waals surface area contributed by atoms with Gasteiger partial charge in [0.1, 0.15) is 11.9 Å². The van der Waals surface area contributed by atoms with Gasteiger partial charge in [-0.25, -0.2) is 32.7 Å². The van der Waals surface area contributed by atoms with E-state index in [0.717, 1.165) is 41.0 Å². The van der Waals surface area contributed by atoms with Gasteiger partial charge < -0.3 is 5.32 Å². The van der Waals surface area contributed by atoms with Gasteiger partial charge in [-0.15, -0.1) is 0 Å². The highest BCUT2D eigenvalue weighted by Crippen LogP contribution is 2.31. The van der Waals surface area contributed by atoms with E-state index in [0.29, 0.717) is 6.42 Å². The first-order valence-corrected chi connectivity index (χ1v) is 12.7. The molecule has 0 bridgehead atoms. The molecule has 0 spiro atoms. The predicted molar refractivity (Wildman–Crippen MR) is 123 cm³/mol. The lowest BCUT2D eigenvalue weighted by Gasteiger charge is -2.27. The maximum absolute atomic E-state index is 13.3. The summed E-state index contributed by atoms with van der Waals surface area (Å²) in [5, 5.41) is 2.40. The molecule has 0 radical (unpaired) electrons. The number of hydrogen-bond donors (Lipinski definition) is 1. The number of sulfonamides is 1. The van der Waals surface area contributed by atoms with Gasteiger partial charge in [-0.2, -0.15) is 17.5 Å². The highest BCUT2D eigenvalue weighted by atomic mass is 35.5. The Morgan fingerprint density at radius 2 is 1.78 bits per heavy atom. The van der Waals surface area contributed by atoms with Crippen molar-refractivity contribution in [2.45, 2.75) is 49.5 Å². The fourth-order valence-corrected chi connectivity index (χ4v) is 5.98. The number of carbonyl (C=O) groups excluding carboxylic acids is 1. The molecule has 4 rings (SSSR count). The smallest absolute Gasteiger partial charge is 0.349 e. The molecule has 1 aromatic carbocycles. The third kappa shape index (κ3) is 5.86. The number of alkyl halides is 3. The summed E-state index contributed by atoms with van der Waals surface area (Å²) in [7, 11) is -4.08. The van der Waals surface area contributed by atoms with Crippen LogP contribution in [0.1, 0.15) is 31.3 Å². The van der Waals surface area contributed by atoms with Gasteiger partial charge in [0.05, 0.1) is 22.8 Å². The standard InChI is InChI=1S/C22H19ClF4N6O3S/c1-12-2-7-18(33(12)37(35,36)16-5-3-14(24)4-6-16)19(34)28-11-15-8-17(32-21(23)31-15)13-9-29-20(30-10-13)22(25,26)27/h3-6,8-10,12,18H,2,7,11H2,1H3,(H,28,34). The first-order valence-electron chi connectivity index (χ1n) is 10.9. The number of benzene rings is 1. The molecule has 1 aliphatic rings. The van der Waals surface area contributed by atoms with Gasteiger partial charge in [-0.05, 0) is 61.7 Å². The number of rotatable bonds is 6. The molecule has 1 amide bonds. The lowest BCUT2D eigenvalue weighted by molar-refractivity contribution is -0.145. The fraction of sp³-hybridized carbons (Fsp3) is 0.318. The van der Waals surface area contributed by atoms with Crippen molar-refractivity contribution in [2.24, 2.45) is 0 Å². The van der Waals surface area contributed by atoms with Crippen LogP contribution in [0.25, 0.3) is 11.3 Å². The van der Waals surface area contributed by atoms with Crippen molar-refractivity contribution in [3.8, 4) is 11.3 Å². The highest BCUT2D eigenvalue weighted by Gasteiger charge is 2.43. The number of aromatic nitrogens is 4. The first kappa shape index (κ1) is 26.8. The van der Waals surface area contributed by atoms with Gasteiger partial charge in [-0.3, -0.25) is 4.79 Å². The van der Waals surface area contributed by atoms with Crippen LogP contribution in [0, 0.1) is 5.82 Å². The Bertz CT molecular complexity index is 1410. The second kappa shape index (κ2) is 10.3. The van der Waals surface area contributed by atoms with Crippen LogP contribution in [0.4, 0.5) is 17.6 Å². The maximum Gasteiger partial charge on any atom is 0.451 e. The molecule has 9 nitrogen and oxygen atoms in total. The van der Waals surface area contributed by atoms with E-state index in [9.17, 15) is 30.8 Å². The molecule has 196 valence electrons. The molecular formula is C22H19ClF4N6O3S. The average Bonchev–Trinajstić information content (AvgIpc) is 3.24. The lowest BCUT2D eigenvalue weighted by Crippen LogP contribution is -2.48. The molecule has 2 aromatic heterocycles. The molecule has 15 heteroatoms. The number of amides is 1. The number of halogens is 5. The molecule has 3 heterocycles. The Morgan fingerprint density at radius 3 is 2.41 bits per heavy atom. The average molecular weight is 559 g/mol. The summed E-state index contributed by atoms with van der Waals surface area (Å²) >= 11 is 5.96. The molecule has 1 aliphatic heterocycles. The third-order valence-corrected chi connectivity index (χ3v) is 7.89. The largest absolute Gasteiger partial charge is 0.451 e. The highest BCUT2D eigenvalue weighted by molar-refractivity contribution is 7.89. The van der Waals surface area contributed by atoms with Crippen LogP contribution >= 0.6 is 11.6 Å². The van der Waals surface area contributed by atoms with E-state index in [4.69, 9.17) is 11.6 Å². The van der Waals surface area contributed by atoms with Crippen molar-refractivity contribution < 1.29 is 30.8 Å². The van der Waals surface area contributed by atoms with Crippen LogP contribution in [-0.4, -0.2) is 50.6 Å². The number of hydrogen-bond acceptors (Lipinski definition) is 7. The van der Waals surface area contributed by atoms with E-state index in [1.807, 2.05) is 0 Å². The van der Waals surface area contributed by atoms with E-state index < -0.39 is 45.8 Å². The van der Waals surface area contributed by atoms with Gasteiger partial charge >= 0.3 is 6.18 Å². The summed E-state index contributed by atoms with van der Waals surface area (Å²) in [4.78, 5) is 27.4. The summed E-state index contributed by atoms with van der Waals surface area (Å²) in [5.74, 6) is -2.48. The van der Waals surface area contributed by atoms with E-state index >= 15 is 0 Å². The van der Waals surface area contributed by atoms with Crippen LogP contribution in [0.3, 0.4) is 0 Å². The quantitative estimate of drug-likeness (QED) is 0.363. The van der Waals surface area contributed by atoms with Crippen molar-refractivity contribution in [2.75, 3.05) is 0 Å². The van der Waals surface area contributed by atoms with Gasteiger partial charge in [0.2, 0.25) is 27.0 Å². The van der Waals surface area contributed by atoms with Gasteiger partial charge in [0, 0.05) is 24.0 Å². The molecule has 2 atom stereocenters. The minimum Gasteiger partial charge on any atom is -0.349 e. The molecule has 1 saturated heterocycles. The lowest BCUT2D eigenvalue weighted by atomic mass is 10.2. The molecule has 1 fully saturated rings. The van der Waals surface area contributed by atoms with Crippen LogP contribution in [0.2, 0.25) is 5.28 Å². The second-order valence-electron chi connectivity index (χ2n) is 8.26. The van der Waals surface area contributed by atoms with Crippen molar-refractivity contribution in [3.63, 3.8) is 0 Å². The third-order valence-electron chi connectivity index (χ3n) is 5.69. The molecule has 37 heavy (non-hydrogen) atoms. The number of nitrogens with zero attached hydrogens (tertiary/aromatic N) is 5. The predicted octanol–water partition coefficient (Wildman–Crippen LogP) is 3.60. The van der Waals surface area contributed by atoms with Gasteiger partial charge in [-0.1, -0.05) is 0 Å². The molecule has 0 aliphatic carbocycles. The monoisotopic (exact) mass is 558 g/mol. The maximum atomic E-state index is 13.3. The van der Waals surface area contributed by atoms with Crippen molar-refractivity contribution >= 4 is 27.5 Å². The Morgan fingerprint density at radius 1 is 1.14 bits per heavy atom. The summed E-state index contributed by atoms with van der Waals surface area (Å²) in [6.07, 6.45) is -2.11. The van der Waals surface area contributed by atoms with E-state index in [2.05, 4.69) is 25.3 Å². The Balaban J connectivity index is 1.50. The Labute approximate surface area is 214 Å². The van der Waals surface area contributed by atoms with Crippen LogP contribution in [-0.2, 0) is 27.5 Å². The zero-order valence-corrected chi connectivity index (χ0v) is 20.6. The van der Waals surface area contributed by atoms with Crippen LogP contribution in [0.5, 0.6) is 0 Å². The number of carbonyl (C=O) groups is 1. The summed E-state index contributed by atoms with van der Waals surface area (Å²) in [5.41, 5.74) is 0.501. The zero-order valence-electron chi connectivity index (χ0n) is 19.1.